The molecule has 1 aliphatic carbocycles. The standard InChI is InChI=1S/C13H16BrNO2/c1-8-9(13(15)3-2-4-13)7-10-12(11(8)14)17-6-5-16-10/h7H,2-6,15H2,1H3. The summed E-state index contributed by atoms with van der Waals surface area (Å²) in [5, 5.41) is 0. The predicted molar refractivity (Wildman–Crippen MR) is 69.6 cm³/mol. The zero-order valence-electron chi connectivity index (χ0n) is 9.88. The molecule has 2 N–H and O–H groups in total. The minimum Gasteiger partial charge on any atom is -0.486 e. The molecule has 0 saturated heterocycles. The number of rotatable bonds is 1. The van der Waals surface area contributed by atoms with E-state index < -0.39 is 0 Å². The van der Waals surface area contributed by atoms with Gasteiger partial charge < -0.3 is 15.2 Å². The van der Waals surface area contributed by atoms with Crippen molar-refractivity contribution >= 4 is 15.9 Å². The molecule has 1 fully saturated rings. The average molecular weight is 298 g/mol. The molecule has 0 bridgehead atoms. The van der Waals surface area contributed by atoms with Crippen LogP contribution in [0.15, 0.2) is 10.5 Å². The number of benzene rings is 1. The molecule has 0 unspecified atom stereocenters. The van der Waals surface area contributed by atoms with Gasteiger partial charge in [-0.2, -0.15) is 0 Å². The molecule has 3 nitrogen and oxygen atoms in total. The number of fused-ring (bicyclic) bond motifs is 1. The van der Waals surface area contributed by atoms with Crippen LogP contribution in [0.25, 0.3) is 0 Å². The van der Waals surface area contributed by atoms with Crippen molar-refractivity contribution in [1.29, 1.82) is 0 Å². The van der Waals surface area contributed by atoms with Crippen LogP contribution < -0.4 is 15.2 Å². The highest BCUT2D eigenvalue weighted by Crippen LogP contribution is 2.48. The Balaban J connectivity index is 2.13. The first-order valence-electron chi connectivity index (χ1n) is 6.00. The van der Waals surface area contributed by atoms with E-state index in [1.807, 2.05) is 0 Å². The van der Waals surface area contributed by atoms with Crippen LogP contribution in [-0.2, 0) is 5.54 Å². The van der Waals surface area contributed by atoms with Crippen LogP contribution in [0.1, 0.15) is 30.4 Å². The minimum atomic E-state index is -0.164. The number of nitrogens with two attached hydrogens (primary N) is 1. The Morgan fingerprint density at radius 1 is 1.29 bits per heavy atom. The highest BCUT2D eigenvalue weighted by molar-refractivity contribution is 9.10. The molecule has 1 aliphatic heterocycles. The average Bonchev–Trinajstić information content (AvgIpc) is 2.31. The Morgan fingerprint density at radius 3 is 2.65 bits per heavy atom. The van der Waals surface area contributed by atoms with Crippen LogP contribution in [0.5, 0.6) is 11.5 Å². The summed E-state index contributed by atoms with van der Waals surface area (Å²) in [7, 11) is 0. The zero-order chi connectivity index (χ0) is 12.0. The van der Waals surface area contributed by atoms with Crippen LogP contribution in [-0.4, -0.2) is 13.2 Å². The fourth-order valence-electron chi connectivity index (χ4n) is 2.58. The Labute approximate surface area is 109 Å². The van der Waals surface area contributed by atoms with Crippen molar-refractivity contribution in [3.8, 4) is 11.5 Å². The summed E-state index contributed by atoms with van der Waals surface area (Å²) in [6, 6.07) is 2.06. The Bertz CT molecular complexity index is 469. The van der Waals surface area contributed by atoms with Crippen molar-refractivity contribution in [3.63, 3.8) is 0 Å². The molecule has 0 amide bonds. The molecule has 1 aromatic rings. The van der Waals surface area contributed by atoms with Gasteiger partial charge in [-0.05, 0) is 59.3 Å². The molecule has 4 heteroatoms. The van der Waals surface area contributed by atoms with Crippen molar-refractivity contribution < 1.29 is 9.47 Å². The van der Waals surface area contributed by atoms with Gasteiger partial charge in [0.15, 0.2) is 11.5 Å². The zero-order valence-corrected chi connectivity index (χ0v) is 11.5. The van der Waals surface area contributed by atoms with E-state index in [9.17, 15) is 0 Å². The van der Waals surface area contributed by atoms with Gasteiger partial charge in [-0.3, -0.25) is 0 Å². The van der Waals surface area contributed by atoms with Gasteiger partial charge in [0.25, 0.3) is 0 Å². The minimum absolute atomic E-state index is 0.164. The monoisotopic (exact) mass is 297 g/mol. The van der Waals surface area contributed by atoms with E-state index in [-0.39, 0.29) is 5.54 Å². The van der Waals surface area contributed by atoms with Crippen LogP contribution in [0, 0.1) is 6.92 Å². The Kier molecular flexibility index (Phi) is 2.60. The van der Waals surface area contributed by atoms with Crippen molar-refractivity contribution in [3.05, 3.63) is 21.7 Å². The SMILES string of the molecule is Cc1c(C2(N)CCC2)cc2c(c1Br)OCCO2. The van der Waals surface area contributed by atoms with E-state index >= 15 is 0 Å². The molecule has 1 aromatic carbocycles. The second kappa shape index (κ2) is 3.89. The first-order chi connectivity index (χ1) is 8.12. The molecule has 92 valence electrons. The maximum Gasteiger partial charge on any atom is 0.175 e. The fraction of sp³-hybridized carbons (Fsp3) is 0.538. The van der Waals surface area contributed by atoms with Gasteiger partial charge in [-0.25, -0.2) is 0 Å². The third-order valence-electron chi connectivity index (χ3n) is 3.80. The lowest BCUT2D eigenvalue weighted by Gasteiger charge is -2.40. The van der Waals surface area contributed by atoms with Crippen molar-refractivity contribution in [2.24, 2.45) is 5.73 Å². The molecule has 3 rings (SSSR count). The summed E-state index contributed by atoms with van der Waals surface area (Å²) < 4.78 is 12.3. The van der Waals surface area contributed by atoms with Gasteiger partial charge in [-0.1, -0.05) is 0 Å². The predicted octanol–water partition coefficient (Wildman–Crippen LogP) is 2.87. The van der Waals surface area contributed by atoms with Gasteiger partial charge in [0.2, 0.25) is 0 Å². The molecular weight excluding hydrogens is 282 g/mol. The third kappa shape index (κ3) is 1.66. The molecular formula is C13H16BrNO2. The van der Waals surface area contributed by atoms with Crippen molar-refractivity contribution in [2.45, 2.75) is 31.7 Å². The maximum absolute atomic E-state index is 6.41. The lowest BCUT2D eigenvalue weighted by atomic mass is 9.71. The van der Waals surface area contributed by atoms with Crippen LogP contribution in [0.3, 0.4) is 0 Å². The van der Waals surface area contributed by atoms with E-state index in [0.717, 1.165) is 28.8 Å². The Morgan fingerprint density at radius 2 is 2.00 bits per heavy atom. The number of hydrogen-bond donors (Lipinski definition) is 1. The highest BCUT2D eigenvalue weighted by atomic mass is 79.9. The molecule has 2 aliphatic rings. The molecule has 0 atom stereocenters. The fourth-order valence-corrected chi connectivity index (χ4v) is 3.11. The van der Waals surface area contributed by atoms with Gasteiger partial charge in [0, 0.05) is 5.54 Å². The number of ether oxygens (including phenoxy) is 2. The summed E-state index contributed by atoms with van der Waals surface area (Å²) >= 11 is 3.60. The topological polar surface area (TPSA) is 44.5 Å². The summed E-state index contributed by atoms with van der Waals surface area (Å²) in [4.78, 5) is 0. The molecule has 0 aromatic heterocycles. The van der Waals surface area contributed by atoms with E-state index in [4.69, 9.17) is 15.2 Å². The van der Waals surface area contributed by atoms with Gasteiger partial charge in [0.05, 0.1) is 4.47 Å². The third-order valence-corrected chi connectivity index (χ3v) is 4.76. The van der Waals surface area contributed by atoms with Crippen LogP contribution in [0.2, 0.25) is 0 Å². The number of hydrogen-bond acceptors (Lipinski definition) is 3. The summed E-state index contributed by atoms with van der Waals surface area (Å²) in [6.45, 7) is 3.31. The maximum atomic E-state index is 6.41. The lowest BCUT2D eigenvalue weighted by Crippen LogP contribution is -2.44. The van der Waals surface area contributed by atoms with E-state index in [1.165, 1.54) is 17.5 Å². The summed E-state index contributed by atoms with van der Waals surface area (Å²) in [5.74, 6) is 1.64. The van der Waals surface area contributed by atoms with E-state index in [2.05, 4.69) is 28.9 Å². The van der Waals surface area contributed by atoms with Gasteiger partial charge in [0.1, 0.15) is 13.2 Å². The largest absolute Gasteiger partial charge is 0.486 e. The molecule has 0 radical (unpaired) electrons. The Hall–Kier alpha value is -0.740. The lowest BCUT2D eigenvalue weighted by molar-refractivity contribution is 0.168. The van der Waals surface area contributed by atoms with Crippen molar-refractivity contribution in [1.82, 2.24) is 0 Å². The van der Waals surface area contributed by atoms with E-state index in [1.54, 1.807) is 0 Å². The highest BCUT2D eigenvalue weighted by Gasteiger charge is 2.37. The van der Waals surface area contributed by atoms with Crippen LogP contribution in [0.4, 0.5) is 0 Å². The molecule has 17 heavy (non-hydrogen) atoms. The number of halogens is 1. The van der Waals surface area contributed by atoms with Gasteiger partial charge >= 0.3 is 0 Å². The van der Waals surface area contributed by atoms with E-state index in [0.29, 0.717) is 13.2 Å². The molecule has 0 spiro atoms. The quantitative estimate of drug-likeness (QED) is 0.867. The second-order valence-electron chi connectivity index (χ2n) is 4.90. The molecule has 1 heterocycles. The smallest absolute Gasteiger partial charge is 0.175 e. The first kappa shape index (κ1) is 11.4. The summed E-state index contributed by atoms with van der Waals surface area (Å²) in [5.41, 5.74) is 8.62. The summed E-state index contributed by atoms with van der Waals surface area (Å²) in [6.07, 6.45) is 3.32. The molecule has 1 saturated carbocycles. The van der Waals surface area contributed by atoms with Crippen LogP contribution >= 0.6 is 15.9 Å². The second-order valence-corrected chi connectivity index (χ2v) is 5.69. The van der Waals surface area contributed by atoms with Gasteiger partial charge in [-0.15, -0.1) is 0 Å². The van der Waals surface area contributed by atoms with Crippen molar-refractivity contribution in [2.75, 3.05) is 13.2 Å². The normalized spacial score (nSPS) is 20.9. The first-order valence-corrected chi connectivity index (χ1v) is 6.79.